The molecule has 1 fully saturated rings. The van der Waals surface area contributed by atoms with E-state index in [-0.39, 0.29) is 39.9 Å². The van der Waals surface area contributed by atoms with Crippen LogP contribution in [0.3, 0.4) is 0 Å². The van der Waals surface area contributed by atoms with E-state index in [9.17, 15) is 31.5 Å². The van der Waals surface area contributed by atoms with E-state index in [2.05, 4.69) is 15.3 Å². The van der Waals surface area contributed by atoms with Gasteiger partial charge in [-0.05, 0) is 84.1 Å². The molecule has 48 heavy (non-hydrogen) atoms. The van der Waals surface area contributed by atoms with Gasteiger partial charge in [-0.25, -0.2) is 27.2 Å². The number of nitrogens with zero attached hydrogens (tertiary/aromatic N) is 4. The van der Waals surface area contributed by atoms with Crippen LogP contribution < -0.4 is 5.32 Å². The first kappa shape index (κ1) is 35.1. The van der Waals surface area contributed by atoms with Gasteiger partial charge in [0, 0.05) is 42.5 Å². The molecule has 0 bridgehead atoms. The monoisotopic (exact) mass is 687 g/mol. The van der Waals surface area contributed by atoms with Crippen LogP contribution in [0.5, 0.6) is 0 Å². The highest BCUT2D eigenvalue weighted by Crippen LogP contribution is 2.40. The number of fused-ring (bicyclic) bond motifs is 1. The fourth-order valence-corrected chi connectivity index (χ4v) is 6.96. The molecule has 1 unspecified atom stereocenters. The lowest BCUT2D eigenvalue weighted by Gasteiger charge is -2.34. The highest BCUT2D eigenvalue weighted by molar-refractivity contribution is 7.90. The zero-order chi connectivity index (χ0) is 35.1. The summed E-state index contributed by atoms with van der Waals surface area (Å²) in [5.41, 5.74) is -2.46. The quantitative estimate of drug-likeness (QED) is 0.206. The second-order valence-corrected chi connectivity index (χ2v) is 15.5. The first-order chi connectivity index (χ1) is 22.3. The number of likely N-dealkylation sites (tertiary alicyclic amines) is 1. The number of aliphatic hydroxyl groups is 1. The number of carbonyl (C=O) groups excluding carboxylic acids is 1. The second-order valence-electron chi connectivity index (χ2n) is 13.7. The molecular weight excluding hydrogens is 647 g/mol. The zero-order valence-electron chi connectivity index (χ0n) is 27.5. The minimum Gasteiger partial charge on any atom is -0.444 e. The van der Waals surface area contributed by atoms with E-state index in [4.69, 9.17) is 4.74 Å². The standard InChI is InChI=1S/C34H40F3N5O5S/c1-32(2,3)47-31(43)41-17-9-10-23(20-41)39-30-38-19-27(34(35,36)37)29(40-30)26-21-42(48(45,46)24-11-7-6-8-12-24)28-18-22(13-14-25(26)28)15-16-33(4,5)44/h6-8,11-14,18-19,21,23,44H,9-10,15-17,20H2,1-5H3,(H,38,39,40). The van der Waals surface area contributed by atoms with Gasteiger partial charge in [0.15, 0.2) is 0 Å². The molecule has 258 valence electrons. The number of halogens is 3. The molecule has 1 saturated heterocycles. The molecule has 2 aromatic heterocycles. The van der Waals surface area contributed by atoms with Crippen molar-refractivity contribution in [3.8, 4) is 11.3 Å². The van der Waals surface area contributed by atoms with Gasteiger partial charge in [-0.15, -0.1) is 0 Å². The number of amides is 1. The number of piperidine rings is 1. The number of hydrogen-bond donors (Lipinski definition) is 2. The zero-order valence-corrected chi connectivity index (χ0v) is 28.3. The fourth-order valence-electron chi connectivity index (χ4n) is 5.58. The minimum absolute atomic E-state index is 0.0386. The van der Waals surface area contributed by atoms with Gasteiger partial charge in [0.2, 0.25) is 5.95 Å². The van der Waals surface area contributed by atoms with Crippen LogP contribution in [0, 0.1) is 0 Å². The van der Waals surface area contributed by atoms with Gasteiger partial charge >= 0.3 is 12.3 Å². The average molecular weight is 688 g/mol. The Morgan fingerprint density at radius 1 is 1.08 bits per heavy atom. The van der Waals surface area contributed by atoms with Crippen molar-refractivity contribution in [2.24, 2.45) is 0 Å². The Balaban J connectivity index is 1.59. The molecule has 1 amide bonds. The maximum Gasteiger partial charge on any atom is 0.419 e. The molecule has 0 aliphatic carbocycles. The van der Waals surface area contributed by atoms with E-state index in [0.29, 0.717) is 44.0 Å². The number of carbonyl (C=O) groups is 1. The third kappa shape index (κ3) is 8.09. The molecule has 1 aliphatic rings. The molecule has 1 aliphatic heterocycles. The number of benzene rings is 2. The van der Waals surface area contributed by atoms with Crippen molar-refractivity contribution in [1.29, 1.82) is 0 Å². The molecule has 0 saturated carbocycles. The van der Waals surface area contributed by atoms with Crippen LogP contribution in [0.15, 0.2) is 65.8 Å². The molecule has 4 aromatic rings. The lowest BCUT2D eigenvalue weighted by molar-refractivity contribution is -0.137. The Labute approximate surface area is 278 Å². The van der Waals surface area contributed by atoms with Crippen molar-refractivity contribution < 1.29 is 36.2 Å². The van der Waals surface area contributed by atoms with E-state index in [1.165, 1.54) is 23.2 Å². The SMILES string of the molecule is CC(C)(O)CCc1ccc2c(-c3nc(NC4CCCN(C(=O)OC(C)(C)C)C4)ncc3C(F)(F)F)cn(S(=O)(=O)c3ccccc3)c2c1. The predicted octanol–water partition coefficient (Wildman–Crippen LogP) is 6.87. The van der Waals surface area contributed by atoms with E-state index in [1.807, 2.05) is 0 Å². The Morgan fingerprint density at radius 3 is 2.44 bits per heavy atom. The second kappa shape index (κ2) is 13.0. The van der Waals surface area contributed by atoms with Crippen LogP contribution in [-0.4, -0.2) is 68.8 Å². The number of aryl methyl sites for hydroxylation is 1. The van der Waals surface area contributed by atoms with Gasteiger partial charge in [-0.3, -0.25) is 0 Å². The summed E-state index contributed by atoms with van der Waals surface area (Å²) < 4.78 is 77.7. The molecule has 1 atom stereocenters. The van der Waals surface area contributed by atoms with Crippen molar-refractivity contribution in [3.63, 3.8) is 0 Å². The van der Waals surface area contributed by atoms with Gasteiger partial charge in [-0.2, -0.15) is 13.2 Å². The van der Waals surface area contributed by atoms with E-state index < -0.39 is 44.8 Å². The van der Waals surface area contributed by atoms with Gasteiger partial charge in [0.1, 0.15) is 11.2 Å². The Kier molecular flexibility index (Phi) is 9.54. The summed E-state index contributed by atoms with van der Waals surface area (Å²) >= 11 is 0. The highest BCUT2D eigenvalue weighted by atomic mass is 32.2. The third-order valence-electron chi connectivity index (χ3n) is 7.92. The lowest BCUT2D eigenvalue weighted by Crippen LogP contribution is -2.47. The van der Waals surface area contributed by atoms with Crippen molar-refractivity contribution in [3.05, 3.63) is 72.1 Å². The smallest absolute Gasteiger partial charge is 0.419 e. The van der Waals surface area contributed by atoms with Crippen LogP contribution in [-0.2, 0) is 27.4 Å². The summed E-state index contributed by atoms with van der Waals surface area (Å²) in [6.45, 7) is 9.32. The molecule has 2 N–H and O–H groups in total. The largest absolute Gasteiger partial charge is 0.444 e. The van der Waals surface area contributed by atoms with Crippen molar-refractivity contribution >= 4 is 33.0 Å². The van der Waals surface area contributed by atoms with E-state index >= 15 is 0 Å². The number of ether oxygens (including phenoxy) is 1. The van der Waals surface area contributed by atoms with Gasteiger partial charge in [0.25, 0.3) is 10.0 Å². The normalized spacial score (nSPS) is 16.3. The average Bonchev–Trinajstić information content (AvgIpc) is 3.38. The Morgan fingerprint density at radius 2 is 1.79 bits per heavy atom. The van der Waals surface area contributed by atoms with Crippen molar-refractivity contribution in [1.82, 2.24) is 18.8 Å². The van der Waals surface area contributed by atoms with Crippen LogP contribution in [0.4, 0.5) is 23.9 Å². The first-order valence-electron chi connectivity index (χ1n) is 15.7. The number of aromatic nitrogens is 3. The van der Waals surface area contributed by atoms with Crippen LogP contribution in [0.25, 0.3) is 22.2 Å². The summed E-state index contributed by atoms with van der Waals surface area (Å²) in [5.74, 6) is -0.0948. The molecular formula is C34H40F3N5O5S. The topological polar surface area (TPSA) is 127 Å². The Hall–Kier alpha value is -4.17. The van der Waals surface area contributed by atoms with Crippen LogP contribution in [0.2, 0.25) is 0 Å². The van der Waals surface area contributed by atoms with Gasteiger partial charge < -0.3 is 20.1 Å². The summed E-state index contributed by atoms with van der Waals surface area (Å²) in [4.78, 5) is 22.5. The Bertz CT molecular complexity index is 1900. The molecule has 10 nitrogen and oxygen atoms in total. The van der Waals surface area contributed by atoms with Crippen LogP contribution >= 0.6 is 0 Å². The number of rotatable bonds is 8. The molecule has 5 rings (SSSR count). The van der Waals surface area contributed by atoms with Gasteiger partial charge in [0.05, 0.1) is 21.7 Å². The molecule has 0 spiro atoms. The predicted molar refractivity (Wildman–Crippen MR) is 176 cm³/mol. The number of nitrogens with one attached hydrogen (secondary N) is 1. The number of hydrogen-bond acceptors (Lipinski definition) is 8. The summed E-state index contributed by atoms with van der Waals surface area (Å²) in [6, 6.07) is 12.2. The number of anilines is 1. The van der Waals surface area contributed by atoms with Gasteiger partial charge in [-0.1, -0.05) is 30.3 Å². The van der Waals surface area contributed by atoms with Crippen LogP contribution in [0.1, 0.15) is 65.0 Å². The maximum atomic E-state index is 14.5. The molecule has 2 aromatic carbocycles. The minimum atomic E-state index is -4.86. The molecule has 0 radical (unpaired) electrons. The number of alkyl halides is 3. The summed E-state index contributed by atoms with van der Waals surface area (Å²) in [6.07, 6.45) is -1.47. The lowest BCUT2D eigenvalue weighted by atomic mass is 9.97. The third-order valence-corrected chi connectivity index (χ3v) is 9.61. The molecule has 14 heteroatoms. The molecule has 3 heterocycles. The fraction of sp³-hybridized carbons (Fsp3) is 0.441. The highest BCUT2D eigenvalue weighted by Gasteiger charge is 2.37. The summed E-state index contributed by atoms with van der Waals surface area (Å²) in [7, 11) is -4.24. The first-order valence-corrected chi connectivity index (χ1v) is 17.1. The van der Waals surface area contributed by atoms with Crippen molar-refractivity contribution in [2.45, 2.75) is 88.6 Å². The maximum absolute atomic E-state index is 14.5. The van der Waals surface area contributed by atoms with Crippen molar-refractivity contribution in [2.75, 3.05) is 18.4 Å². The van der Waals surface area contributed by atoms with E-state index in [1.54, 1.807) is 71.0 Å². The summed E-state index contributed by atoms with van der Waals surface area (Å²) in [5, 5.41) is 13.6. The van der Waals surface area contributed by atoms with E-state index in [0.717, 1.165) is 3.97 Å².